The third kappa shape index (κ3) is 3.16. The molecule has 5 nitrogen and oxygen atoms in total. The Morgan fingerprint density at radius 3 is 2.64 bits per heavy atom. The summed E-state index contributed by atoms with van der Waals surface area (Å²) in [6, 6.07) is 9.55. The molecule has 3 rings (SSSR count). The molecule has 0 fully saturated rings. The molecule has 3 aromatic rings. The van der Waals surface area contributed by atoms with Crippen molar-refractivity contribution in [2.45, 2.75) is 6.92 Å². The Labute approximate surface area is 148 Å². The molecule has 7 heteroatoms. The second kappa shape index (κ2) is 6.49. The normalized spacial score (nSPS) is 10.7. The number of benzene rings is 2. The molecule has 0 radical (unpaired) electrons. The summed E-state index contributed by atoms with van der Waals surface area (Å²) >= 11 is 6.20. The summed E-state index contributed by atoms with van der Waals surface area (Å²) in [7, 11) is 0. The van der Waals surface area contributed by atoms with Gasteiger partial charge in [0.25, 0.3) is 5.91 Å². The molecule has 0 spiro atoms. The van der Waals surface area contributed by atoms with Gasteiger partial charge in [0.15, 0.2) is 5.96 Å². The van der Waals surface area contributed by atoms with E-state index < -0.39 is 11.7 Å². The lowest BCUT2D eigenvalue weighted by molar-refractivity contribution is 0.100. The van der Waals surface area contributed by atoms with E-state index in [1.807, 2.05) is 0 Å². The molecule has 1 aromatic heterocycles. The van der Waals surface area contributed by atoms with Crippen molar-refractivity contribution in [3.05, 3.63) is 64.6 Å². The third-order valence-corrected chi connectivity index (χ3v) is 4.08. The fourth-order valence-corrected chi connectivity index (χ4v) is 2.87. The summed E-state index contributed by atoms with van der Waals surface area (Å²) in [5.41, 5.74) is 12.2. The molecule has 126 valence electrons. The second-order valence-corrected chi connectivity index (χ2v) is 5.90. The SMILES string of the molecule is Cc1cccc(F)c1-c1ncc(Cl)c2ccc(C(=O)N=C(N)N)cc12. The number of fused-ring (bicyclic) bond motifs is 1. The molecule has 1 amide bonds. The van der Waals surface area contributed by atoms with Crippen molar-refractivity contribution in [1.29, 1.82) is 0 Å². The van der Waals surface area contributed by atoms with Crippen molar-refractivity contribution < 1.29 is 9.18 Å². The van der Waals surface area contributed by atoms with E-state index in [1.54, 1.807) is 37.3 Å². The number of hydrogen-bond acceptors (Lipinski definition) is 2. The molecule has 0 bridgehead atoms. The highest BCUT2D eigenvalue weighted by molar-refractivity contribution is 6.35. The van der Waals surface area contributed by atoms with E-state index >= 15 is 0 Å². The molecule has 0 saturated heterocycles. The van der Waals surface area contributed by atoms with Crippen LogP contribution < -0.4 is 11.5 Å². The Morgan fingerprint density at radius 1 is 1.20 bits per heavy atom. The van der Waals surface area contributed by atoms with Gasteiger partial charge in [-0.15, -0.1) is 0 Å². The van der Waals surface area contributed by atoms with Crippen molar-refractivity contribution in [2.24, 2.45) is 16.5 Å². The molecule has 0 unspecified atom stereocenters. The summed E-state index contributed by atoms with van der Waals surface area (Å²) < 4.78 is 14.4. The zero-order valence-corrected chi connectivity index (χ0v) is 14.0. The number of amides is 1. The first-order valence-corrected chi connectivity index (χ1v) is 7.74. The van der Waals surface area contributed by atoms with Crippen LogP contribution in [0.5, 0.6) is 0 Å². The minimum atomic E-state index is -0.599. The molecule has 0 aliphatic rings. The minimum Gasteiger partial charge on any atom is -0.370 e. The maximum Gasteiger partial charge on any atom is 0.280 e. The van der Waals surface area contributed by atoms with Crippen LogP contribution in [-0.2, 0) is 0 Å². The zero-order valence-electron chi connectivity index (χ0n) is 13.3. The Morgan fingerprint density at radius 2 is 1.96 bits per heavy atom. The number of aromatic nitrogens is 1. The van der Waals surface area contributed by atoms with Gasteiger partial charge in [-0.2, -0.15) is 4.99 Å². The highest BCUT2D eigenvalue weighted by Crippen LogP contribution is 2.34. The number of hydrogen-bond donors (Lipinski definition) is 2. The van der Waals surface area contributed by atoms with Gasteiger partial charge in [0, 0.05) is 28.1 Å². The first-order chi connectivity index (χ1) is 11.9. The number of carbonyl (C=O) groups excluding carboxylic acids is 1. The second-order valence-electron chi connectivity index (χ2n) is 5.49. The quantitative estimate of drug-likeness (QED) is 0.543. The Hall–Kier alpha value is -2.99. The minimum absolute atomic E-state index is 0.250. The van der Waals surface area contributed by atoms with Crippen LogP contribution in [0.1, 0.15) is 15.9 Å². The van der Waals surface area contributed by atoms with Crippen molar-refractivity contribution in [2.75, 3.05) is 0 Å². The largest absolute Gasteiger partial charge is 0.370 e. The fourth-order valence-electron chi connectivity index (χ4n) is 2.65. The summed E-state index contributed by atoms with van der Waals surface area (Å²) in [6.07, 6.45) is 1.46. The molecule has 4 N–H and O–H groups in total. The van der Waals surface area contributed by atoms with Gasteiger partial charge in [-0.25, -0.2) is 4.39 Å². The molecule has 2 aromatic carbocycles. The van der Waals surface area contributed by atoms with E-state index in [4.69, 9.17) is 23.1 Å². The highest BCUT2D eigenvalue weighted by atomic mass is 35.5. The van der Waals surface area contributed by atoms with Crippen LogP contribution in [0.4, 0.5) is 4.39 Å². The molecule has 25 heavy (non-hydrogen) atoms. The van der Waals surface area contributed by atoms with Crippen LogP contribution in [0, 0.1) is 12.7 Å². The van der Waals surface area contributed by atoms with Crippen molar-refractivity contribution in [3.63, 3.8) is 0 Å². The van der Waals surface area contributed by atoms with Crippen LogP contribution in [0.15, 0.2) is 47.6 Å². The Kier molecular flexibility index (Phi) is 4.37. The maximum atomic E-state index is 14.4. The van der Waals surface area contributed by atoms with Gasteiger partial charge in [0.1, 0.15) is 5.82 Å². The number of guanidine groups is 1. The first-order valence-electron chi connectivity index (χ1n) is 7.36. The Bertz CT molecular complexity index is 1010. The number of carbonyl (C=O) groups is 1. The molecule has 0 aliphatic heterocycles. The van der Waals surface area contributed by atoms with E-state index in [0.29, 0.717) is 27.1 Å². The smallest absolute Gasteiger partial charge is 0.280 e. The number of aliphatic imine (C=N–C) groups is 1. The van der Waals surface area contributed by atoms with Crippen LogP contribution in [0.3, 0.4) is 0 Å². The number of rotatable bonds is 2. The van der Waals surface area contributed by atoms with Crippen molar-refractivity contribution in [1.82, 2.24) is 4.98 Å². The monoisotopic (exact) mass is 356 g/mol. The van der Waals surface area contributed by atoms with Crippen molar-refractivity contribution in [3.8, 4) is 11.3 Å². The van der Waals surface area contributed by atoms with Gasteiger partial charge in [-0.3, -0.25) is 9.78 Å². The van der Waals surface area contributed by atoms with Gasteiger partial charge in [-0.05, 0) is 30.7 Å². The molecular weight excluding hydrogens is 343 g/mol. The summed E-state index contributed by atoms with van der Waals surface area (Å²) in [6.45, 7) is 1.79. The number of halogens is 2. The van der Waals surface area contributed by atoms with Crippen LogP contribution >= 0.6 is 11.6 Å². The van der Waals surface area contributed by atoms with E-state index in [0.717, 1.165) is 5.56 Å². The average molecular weight is 357 g/mol. The van der Waals surface area contributed by atoms with Gasteiger partial charge in [0.05, 0.1) is 10.7 Å². The first kappa shape index (κ1) is 16.9. The summed E-state index contributed by atoms with van der Waals surface area (Å²) in [4.78, 5) is 19.9. The van der Waals surface area contributed by atoms with Crippen LogP contribution in [-0.4, -0.2) is 16.9 Å². The number of pyridine rings is 1. The van der Waals surface area contributed by atoms with Gasteiger partial charge >= 0.3 is 0 Å². The van der Waals surface area contributed by atoms with Crippen molar-refractivity contribution >= 4 is 34.2 Å². The van der Waals surface area contributed by atoms with E-state index in [1.165, 1.54) is 12.3 Å². The zero-order chi connectivity index (χ0) is 18.1. The lowest BCUT2D eigenvalue weighted by Gasteiger charge is -2.11. The lowest BCUT2D eigenvalue weighted by Crippen LogP contribution is -2.24. The third-order valence-electron chi connectivity index (χ3n) is 3.78. The number of aryl methyl sites for hydroxylation is 1. The van der Waals surface area contributed by atoms with E-state index in [9.17, 15) is 9.18 Å². The molecule has 1 heterocycles. The number of nitrogens with zero attached hydrogens (tertiary/aromatic N) is 2. The molecule has 0 atom stereocenters. The molecular formula is C18H14ClFN4O. The van der Waals surface area contributed by atoms with Crippen LogP contribution in [0.25, 0.3) is 22.0 Å². The van der Waals surface area contributed by atoms with E-state index in [2.05, 4.69) is 9.98 Å². The maximum absolute atomic E-state index is 14.4. The predicted octanol–water partition coefficient (Wildman–Crippen LogP) is 3.42. The predicted molar refractivity (Wildman–Crippen MR) is 97.0 cm³/mol. The molecule has 0 aliphatic carbocycles. The van der Waals surface area contributed by atoms with E-state index in [-0.39, 0.29) is 11.5 Å². The highest BCUT2D eigenvalue weighted by Gasteiger charge is 2.16. The fraction of sp³-hybridized carbons (Fsp3) is 0.0556. The summed E-state index contributed by atoms with van der Waals surface area (Å²) in [5, 5.41) is 1.58. The topological polar surface area (TPSA) is 94.4 Å². The van der Waals surface area contributed by atoms with Gasteiger partial charge < -0.3 is 11.5 Å². The Balaban J connectivity index is 2.32. The lowest BCUT2D eigenvalue weighted by atomic mass is 9.98. The molecule has 0 saturated carbocycles. The average Bonchev–Trinajstić information content (AvgIpc) is 2.55. The van der Waals surface area contributed by atoms with Crippen LogP contribution in [0.2, 0.25) is 5.02 Å². The standard InChI is InChI=1S/C18H14ClFN4O/c1-9-3-2-4-14(20)15(9)16-12-7-10(17(25)24-18(21)22)5-6-11(12)13(19)8-23-16/h2-8H,1H3,(H4,21,22,24,25). The van der Waals surface area contributed by atoms with Gasteiger partial charge in [-0.1, -0.05) is 29.8 Å². The summed E-state index contributed by atoms with van der Waals surface area (Å²) in [5.74, 6) is -1.34. The number of nitrogens with two attached hydrogens (primary N) is 2. The van der Waals surface area contributed by atoms with Gasteiger partial charge in [0.2, 0.25) is 0 Å².